The molecule has 0 radical (unpaired) electrons. The number of ether oxygens (including phenoxy) is 1. The third-order valence-corrected chi connectivity index (χ3v) is 4.79. The number of nitrogens with one attached hydrogen (secondary N) is 2. The van der Waals surface area contributed by atoms with E-state index < -0.39 is 0 Å². The van der Waals surface area contributed by atoms with E-state index in [0.717, 1.165) is 31.9 Å². The second-order valence-electron chi connectivity index (χ2n) is 6.14. The normalized spacial score (nSPS) is 16.3. The van der Waals surface area contributed by atoms with Crippen molar-refractivity contribution in [2.45, 2.75) is 45.3 Å². The van der Waals surface area contributed by atoms with Gasteiger partial charge in [0, 0.05) is 32.7 Å². The van der Waals surface area contributed by atoms with Crippen LogP contribution in [0.25, 0.3) is 0 Å². The molecule has 0 bridgehead atoms. The van der Waals surface area contributed by atoms with Crippen molar-refractivity contribution in [1.82, 2.24) is 10.6 Å². The average Bonchev–Trinajstić information content (AvgIpc) is 3.08. The van der Waals surface area contributed by atoms with Crippen molar-refractivity contribution in [2.75, 3.05) is 31.6 Å². The Morgan fingerprint density at radius 3 is 2.79 bits per heavy atom. The molecule has 0 unspecified atom stereocenters. The van der Waals surface area contributed by atoms with Gasteiger partial charge in [0.2, 0.25) is 0 Å². The minimum Gasteiger partial charge on any atom is -0.463 e. The molecule has 134 valence electrons. The molecule has 2 N–H and O–H groups in total. The molecule has 2 heterocycles. The molecule has 0 aliphatic carbocycles. The Kier molecular flexibility index (Phi) is 7.36. The molecule has 0 amide bonds. The smallest absolute Gasteiger partial charge is 0.307 e. The van der Waals surface area contributed by atoms with E-state index in [1.165, 1.54) is 5.00 Å². The number of guanidine groups is 1. The molecule has 6 nitrogen and oxygen atoms in total. The van der Waals surface area contributed by atoms with Crippen LogP contribution in [0.2, 0.25) is 0 Å². The maximum atomic E-state index is 11.5. The minimum absolute atomic E-state index is 0.0662. The van der Waals surface area contributed by atoms with Gasteiger partial charge in [0.15, 0.2) is 5.96 Å². The lowest BCUT2D eigenvalue weighted by Crippen LogP contribution is -2.49. The number of anilines is 1. The Balaban J connectivity index is 1.67. The standard InChI is InChI=1S/C17H28N4O2S/c1-13(2)23-16(22)6-9-19-17(18-3)20-14-7-10-21(11-8-14)15-5-4-12-24-15/h4-5,12-14H,6-11H2,1-3H3,(H2,18,19,20). The molecule has 2 rings (SSSR count). The quantitative estimate of drug-likeness (QED) is 0.467. The van der Waals surface area contributed by atoms with Crippen LogP contribution in [0.4, 0.5) is 5.00 Å². The molecule has 1 aromatic heterocycles. The number of carbonyl (C=O) groups excluding carboxylic acids is 1. The first-order valence-electron chi connectivity index (χ1n) is 8.53. The topological polar surface area (TPSA) is 66.0 Å². The fourth-order valence-electron chi connectivity index (χ4n) is 2.69. The summed E-state index contributed by atoms with van der Waals surface area (Å²) >= 11 is 1.79. The summed E-state index contributed by atoms with van der Waals surface area (Å²) in [6.45, 7) is 6.34. The van der Waals surface area contributed by atoms with Crippen molar-refractivity contribution in [3.8, 4) is 0 Å². The number of carbonyl (C=O) groups is 1. The molecule has 0 aromatic carbocycles. The first kappa shape index (κ1) is 18.6. The number of hydrogen-bond donors (Lipinski definition) is 2. The zero-order chi connectivity index (χ0) is 17.4. The lowest BCUT2D eigenvalue weighted by Gasteiger charge is -2.33. The molecule has 24 heavy (non-hydrogen) atoms. The van der Waals surface area contributed by atoms with E-state index in [9.17, 15) is 4.79 Å². The zero-order valence-electron chi connectivity index (χ0n) is 14.7. The van der Waals surface area contributed by atoms with Crippen LogP contribution < -0.4 is 15.5 Å². The number of piperidine rings is 1. The van der Waals surface area contributed by atoms with Gasteiger partial charge in [0.25, 0.3) is 0 Å². The van der Waals surface area contributed by atoms with Crippen LogP contribution in [0.1, 0.15) is 33.1 Å². The highest BCUT2D eigenvalue weighted by atomic mass is 32.1. The summed E-state index contributed by atoms with van der Waals surface area (Å²) in [5.41, 5.74) is 0. The van der Waals surface area contributed by atoms with Crippen LogP contribution in [-0.4, -0.2) is 50.8 Å². The third-order valence-electron chi connectivity index (χ3n) is 3.87. The monoisotopic (exact) mass is 352 g/mol. The number of thiophene rings is 1. The van der Waals surface area contributed by atoms with Gasteiger partial charge >= 0.3 is 5.97 Å². The van der Waals surface area contributed by atoms with E-state index in [0.29, 0.717) is 19.0 Å². The van der Waals surface area contributed by atoms with E-state index in [1.807, 2.05) is 13.8 Å². The predicted octanol–water partition coefficient (Wildman–Crippen LogP) is 2.22. The number of hydrogen-bond acceptors (Lipinski definition) is 5. The second kappa shape index (κ2) is 9.52. The fourth-order valence-corrected chi connectivity index (χ4v) is 3.47. The Hall–Kier alpha value is -1.76. The van der Waals surface area contributed by atoms with E-state index in [4.69, 9.17) is 4.74 Å². The van der Waals surface area contributed by atoms with E-state index >= 15 is 0 Å². The summed E-state index contributed by atoms with van der Waals surface area (Å²) in [5.74, 6) is 0.569. The molecular weight excluding hydrogens is 324 g/mol. The molecule has 1 aliphatic rings. The van der Waals surface area contributed by atoms with Gasteiger partial charge < -0.3 is 20.3 Å². The third kappa shape index (κ3) is 6.03. The van der Waals surface area contributed by atoms with Crippen molar-refractivity contribution in [1.29, 1.82) is 0 Å². The number of rotatable bonds is 6. The summed E-state index contributed by atoms with van der Waals surface area (Å²) < 4.78 is 5.12. The van der Waals surface area contributed by atoms with E-state index in [1.54, 1.807) is 18.4 Å². The summed E-state index contributed by atoms with van der Waals surface area (Å²) in [6, 6.07) is 4.69. The molecule has 0 saturated carbocycles. The van der Waals surface area contributed by atoms with Crippen molar-refractivity contribution in [3.05, 3.63) is 17.5 Å². The van der Waals surface area contributed by atoms with Gasteiger partial charge in [-0.1, -0.05) is 0 Å². The van der Waals surface area contributed by atoms with Crippen molar-refractivity contribution >= 4 is 28.3 Å². The van der Waals surface area contributed by atoms with Gasteiger partial charge in [-0.3, -0.25) is 9.79 Å². The largest absolute Gasteiger partial charge is 0.463 e. The first-order valence-corrected chi connectivity index (χ1v) is 9.41. The molecule has 1 saturated heterocycles. The fraction of sp³-hybridized carbons (Fsp3) is 0.647. The van der Waals surface area contributed by atoms with Gasteiger partial charge in [0.1, 0.15) is 0 Å². The van der Waals surface area contributed by atoms with Crippen molar-refractivity contribution in [2.24, 2.45) is 4.99 Å². The van der Waals surface area contributed by atoms with Gasteiger partial charge in [-0.15, -0.1) is 11.3 Å². The van der Waals surface area contributed by atoms with Gasteiger partial charge in [-0.05, 0) is 44.2 Å². The minimum atomic E-state index is -0.183. The van der Waals surface area contributed by atoms with Crippen molar-refractivity contribution in [3.63, 3.8) is 0 Å². The van der Waals surface area contributed by atoms with Gasteiger partial charge in [-0.25, -0.2) is 0 Å². The molecule has 0 atom stereocenters. The number of esters is 1. The Bertz CT molecular complexity index is 523. The number of aliphatic imine (C=N–C) groups is 1. The van der Waals surface area contributed by atoms with Crippen LogP contribution in [0.15, 0.2) is 22.5 Å². The van der Waals surface area contributed by atoms with E-state index in [2.05, 4.69) is 38.0 Å². The molecule has 7 heteroatoms. The van der Waals surface area contributed by atoms with Crippen LogP contribution in [-0.2, 0) is 9.53 Å². The first-order chi connectivity index (χ1) is 11.6. The Morgan fingerprint density at radius 1 is 1.46 bits per heavy atom. The molecule has 1 aliphatic heterocycles. The average molecular weight is 353 g/mol. The van der Waals surface area contributed by atoms with Crippen molar-refractivity contribution < 1.29 is 9.53 Å². The van der Waals surface area contributed by atoms with Gasteiger partial charge in [0.05, 0.1) is 17.5 Å². The van der Waals surface area contributed by atoms with Crippen LogP contribution >= 0.6 is 11.3 Å². The molecule has 0 spiro atoms. The SMILES string of the molecule is CN=C(NCCC(=O)OC(C)C)NC1CCN(c2cccs2)CC1. The van der Waals surface area contributed by atoms with Gasteiger partial charge in [-0.2, -0.15) is 0 Å². The maximum Gasteiger partial charge on any atom is 0.307 e. The molecule has 1 fully saturated rings. The van der Waals surface area contributed by atoms with Crippen LogP contribution in [0.5, 0.6) is 0 Å². The highest BCUT2D eigenvalue weighted by molar-refractivity contribution is 7.14. The van der Waals surface area contributed by atoms with Crippen LogP contribution in [0.3, 0.4) is 0 Å². The molecular formula is C17H28N4O2S. The highest BCUT2D eigenvalue weighted by Crippen LogP contribution is 2.24. The molecule has 1 aromatic rings. The van der Waals surface area contributed by atoms with Crippen LogP contribution in [0, 0.1) is 0 Å². The predicted molar refractivity (Wildman–Crippen MR) is 99.9 cm³/mol. The highest BCUT2D eigenvalue weighted by Gasteiger charge is 2.20. The zero-order valence-corrected chi connectivity index (χ0v) is 15.6. The maximum absolute atomic E-state index is 11.5. The lowest BCUT2D eigenvalue weighted by atomic mass is 10.1. The summed E-state index contributed by atoms with van der Waals surface area (Å²) in [6.07, 6.45) is 2.43. The number of nitrogens with zero attached hydrogens (tertiary/aromatic N) is 2. The Morgan fingerprint density at radius 2 is 2.21 bits per heavy atom. The Labute approximate surface area is 148 Å². The second-order valence-corrected chi connectivity index (χ2v) is 7.07. The summed E-state index contributed by atoms with van der Waals surface area (Å²) in [5, 5.41) is 10.1. The lowest BCUT2D eigenvalue weighted by molar-refractivity contribution is -0.147. The van der Waals surface area contributed by atoms with E-state index in [-0.39, 0.29) is 12.1 Å². The summed E-state index contributed by atoms with van der Waals surface area (Å²) in [4.78, 5) is 18.2. The summed E-state index contributed by atoms with van der Waals surface area (Å²) in [7, 11) is 1.75.